The zero-order valence-corrected chi connectivity index (χ0v) is 11.5. The summed E-state index contributed by atoms with van der Waals surface area (Å²) < 4.78 is 1.79. The van der Waals surface area contributed by atoms with Crippen molar-refractivity contribution in [2.24, 2.45) is 0 Å². The number of rotatable bonds is 3. The molecule has 1 saturated heterocycles. The predicted molar refractivity (Wildman–Crippen MR) is 76.7 cm³/mol. The van der Waals surface area contributed by atoms with Crippen LogP contribution in [-0.4, -0.2) is 40.9 Å². The molecule has 100 valence electrons. The predicted octanol–water partition coefficient (Wildman–Crippen LogP) is 1.93. The normalized spacial score (nSPS) is 16.7. The summed E-state index contributed by atoms with van der Waals surface area (Å²) in [6.45, 7) is 5.43. The van der Waals surface area contributed by atoms with Crippen molar-refractivity contribution in [3.8, 4) is 5.69 Å². The van der Waals surface area contributed by atoms with Crippen LogP contribution in [0.15, 0.2) is 36.7 Å². The lowest BCUT2D eigenvalue weighted by atomic mass is 10.2. The number of nitrogens with one attached hydrogen (secondary N) is 1. The van der Waals surface area contributed by atoms with Gasteiger partial charge < -0.3 is 5.32 Å². The van der Waals surface area contributed by atoms with Crippen LogP contribution in [0.2, 0.25) is 5.02 Å². The SMILES string of the molecule is Clc1cnn(-c2ccc(CN3CCNCC3)cc2)c1. The topological polar surface area (TPSA) is 33.1 Å². The minimum atomic E-state index is 0.657. The largest absolute Gasteiger partial charge is 0.314 e. The molecule has 0 amide bonds. The first-order valence-corrected chi connectivity index (χ1v) is 6.92. The zero-order valence-electron chi connectivity index (χ0n) is 10.7. The molecule has 1 N–H and O–H groups in total. The Bertz CT molecular complexity index is 529. The Balaban J connectivity index is 1.68. The monoisotopic (exact) mass is 276 g/mol. The highest BCUT2D eigenvalue weighted by molar-refractivity contribution is 6.30. The third-order valence-corrected chi connectivity index (χ3v) is 3.56. The molecule has 3 rings (SSSR count). The van der Waals surface area contributed by atoms with E-state index in [9.17, 15) is 0 Å². The van der Waals surface area contributed by atoms with Gasteiger partial charge in [-0.15, -0.1) is 0 Å². The van der Waals surface area contributed by atoms with E-state index in [-0.39, 0.29) is 0 Å². The van der Waals surface area contributed by atoms with Gasteiger partial charge in [-0.3, -0.25) is 4.90 Å². The molecule has 1 aliphatic heterocycles. The number of benzene rings is 1. The van der Waals surface area contributed by atoms with Crippen LogP contribution in [0.25, 0.3) is 5.69 Å². The Hall–Kier alpha value is -1.36. The molecule has 0 saturated carbocycles. The van der Waals surface area contributed by atoms with Crippen LogP contribution >= 0.6 is 11.6 Å². The van der Waals surface area contributed by atoms with Crippen molar-refractivity contribution >= 4 is 11.6 Å². The summed E-state index contributed by atoms with van der Waals surface area (Å²) in [4.78, 5) is 2.47. The third kappa shape index (κ3) is 3.15. The highest BCUT2D eigenvalue weighted by Gasteiger charge is 2.09. The highest BCUT2D eigenvalue weighted by Crippen LogP contribution is 2.14. The second-order valence-electron chi connectivity index (χ2n) is 4.80. The summed E-state index contributed by atoms with van der Waals surface area (Å²) in [5, 5.41) is 8.22. The van der Waals surface area contributed by atoms with Crippen molar-refractivity contribution in [3.63, 3.8) is 0 Å². The first-order valence-electron chi connectivity index (χ1n) is 6.54. The summed E-state index contributed by atoms with van der Waals surface area (Å²) in [6.07, 6.45) is 3.46. The van der Waals surface area contributed by atoms with Crippen LogP contribution in [0.5, 0.6) is 0 Å². The molecule has 0 atom stereocenters. The van der Waals surface area contributed by atoms with Crippen molar-refractivity contribution in [1.82, 2.24) is 20.0 Å². The van der Waals surface area contributed by atoms with Crippen LogP contribution < -0.4 is 5.32 Å². The van der Waals surface area contributed by atoms with Gasteiger partial charge in [0.15, 0.2) is 0 Å². The lowest BCUT2D eigenvalue weighted by Crippen LogP contribution is -2.42. The van der Waals surface area contributed by atoms with Crippen molar-refractivity contribution in [2.75, 3.05) is 26.2 Å². The fraction of sp³-hybridized carbons (Fsp3) is 0.357. The first kappa shape index (κ1) is 12.7. The molecule has 2 aromatic rings. The summed E-state index contributed by atoms with van der Waals surface area (Å²) in [5.41, 5.74) is 2.37. The van der Waals surface area contributed by atoms with Gasteiger partial charge in [-0.2, -0.15) is 5.10 Å². The Labute approximate surface area is 118 Å². The highest BCUT2D eigenvalue weighted by atomic mass is 35.5. The average molecular weight is 277 g/mol. The molecule has 1 aromatic heterocycles. The first-order chi connectivity index (χ1) is 9.31. The van der Waals surface area contributed by atoms with Crippen LogP contribution in [0, 0.1) is 0 Å². The molecule has 0 radical (unpaired) electrons. The minimum absolute atomic E-state index is 0.657. The van der Waals surface area contributed by atoms with E-state index in [4.69, 9.17) is 11.6 Å². The number of piperazine rings is 1. The van der Waals surface area contributed by atoms with Gasteiger partial charge in [0.25, 0.3) is 0 Å². The smallest absolute Gasteiger partial charge is 0.0790 e. The number of aromatic nitrogens is 2. The van der Waals surface area contributed by atoms with E-state index in [2.05, 4.69) is 39.6 Å². The van der Waals surface area contributed by atoms with E-state index >= 15 is 0 Å². The van der Waals surface area contributed by atoms with Crippen molar-refractivity contribution < 1.29 is 0 Å². The summed E-state index contributed by atoms with van der Waals surface area (Å²) in [5.74, 6) is 0. The lowest BCUT2D eigenvalue weighted by Gasteiger charge is -2.27. The Kier molecular flexibility index (Phi) is 3.82. The van der Waals surface area contributed by atoms with Crippen LogP contribution in [-0.2, 0) is 6.54 Å². The lowest BCUT2D eigenvalue weighted by molar-refractivity contribution is 0.233. The molecule has 0 spiro atoms. The molecule has 0 aliphatic carbocycles. The molecule has 5 heteroatoms. The van der Waals surface area contributed by atoms with Crippen LogP contribution in [0.4, 0.5) is 0 Å². The third-order valence-electron chi connectivity index (χ3n) is 3.37. The van der Waals surface area contributed by atoms with Gasteiger partial charge in [0.2, 0.25) is 0 Å². The number of halogens is 1. The van der Waals surface area contributed by atoms with Gasteiger partial charge >= 0.3 is 0 Å². The molecule has 1 aliphatic rings. The summed E-state index contributed by atoms with van der Waals surface area (Å²) in [7, 11) is 0. The fourth-order valence-corrected chi connectivity index (χ4v) is 2.46. The Morgan fingerprint density at radius 3 is 2.53 bits per heavy atom. The van der Waals surface area contributed by atoms with E-state index < -0.39 is 0 Å². The zero-order chi connectivity index (χ0) is 13.1. The Morgan fingerprint density at radius 1 is 1.16 bits per heavy atom. The molecule has 19 heavy (non-hydrogen) atoms. The maximum absolute atomic E-state index is 5.87. The standard InChI is InChI=1S/C14H17ClN4/c15-13-9-17-19(11-13)14-3-1-12(2-4-14)10-18-7-5-16-6-8-18/h1-4,9,11,16H,5-8,10H2. The fourth-order valence-electron chi connectivity index (χ4n) is 2.32. The van der Waals surface area contributed by atoms with E-state index in [1.165, 1.54) is 5.56 Å². The molecular weight excluding hydrogens is 260 g/mol. The number of nitrogens with zero attached hydrogens (tertiary/aromatic N) is 3. The van der Waals surface area contributed by atoms with Crippen molar-refractivity contribution in [1.29, 1.82) is 0 Å². The van der Waals surface area contributed by atoms with Gasteiger partial charge in [-0.25, -0.2) is 4.68 Å². The maximum Gasteiger partial charge on any atom is 0.0790 e. The Morgan fingerprint density at radius 2 is 1.89 bits per heavy atom. The van der Waals surface area contributed by atoms with Crippen molar-refractivity contribution in [3.05, 3.63) is 47.2 Å². The van der Waals surface area contributed by atoms with Crippen molar-refractivity contribution in [2.45, 2.75) is 6.54 Å². The molecular formula is C14H17ClN4. The summed E-state index contributed by atoms with van der Waals surface area (Å²) in [6, 6.07) is 8.49. The van der Waals surface area contributed by atoms with E-state index in [0.29, 0.717) is 5.02 Å². The molecule has 0 unspecified atom stereocenters. The van der Waals surface area contributed by atoms with Gasteiger partial charge in [0.05, 0.1) is 16.9 Å². The average Bonchev–Trinajstić information content (AvgIpc) is 2.87. The van der Waals surface area contributed by atoms with Gasteiger partial charge in [0.1, 0.15) is 0 Å². The minimum Gasteiger partial charge on any atom is -0.314 e. The second kappa shape index (κ2) is 5.74. The van der Waals surface area contributed by atoms with Gasteiger partial charge in [-0.05, 0) is 17.7 Å². The molecule has 1 fully saturated rings. The summed E-state index contributed by atoms with van der Waals surface area (Å²) >= 11 is 5.87. The van der Waals surface area contributed by atoms with E-state index in [1.807, 2.05) is 6.20 Å². The maximum atomic E-state index is 5.87. The number of hydrogen-bond acceptors (Lipinski definition) is 3. The van der Waals surface area contributed by atoms with Gasteiger partial charge in [-0.1, -0.05) is 23.7 Å². The van der Waals surface area contributed by atoms with E-state index in [1.54, 1.807) is 10.9 Å². The van der Waals surface area contributed by atoms with Gasteiger partial charge in [0, 0.05) is 38.9 Å². The molecule has 0 bridgehead atoms. The van der Waals surface area contributed by atoms with Crippen LogP contribution in [0.3, 0.4) is 0 Å². The number of hydrogen-bond donors (Lipinski definition) is 1. The quantitative estimate of drug-likeness (QED) is 0.930. The van der Waals surface area contributed by atoms with E-state index in [0.717, 1.165) is 38.4 Å². The molecule has 4 nitrogen and oxygen atoms in total. The molecule has 1 aromatic carbocycles. The second-order valence-corrected chi connectivity index (χ2v) is 5.23. The van der Waals surface area contributed by atoms with Crippen LogP contribution in [0.1, 0.15) is 5.56 Å². The molecule has 2 heterocycles.